The van der Waals surface area contributed by atoms with Crippen LogP contribution in [0.3, 0.4) is 0 Å². The van der Waals surface area contributed by atoms with Gasteiger partial charge in [0.15, 0.2) is 0 Å². The third-order valence-electron chi connectivity index (χ3n) is 2.81. The maximum absolute atomic E-state index is 12.0. The first-order chi connectivity index (χ1) is 8.16. The van der Waals surface area contributed by atoms with Gasteiger partial charge in [0, 0.05) is 29.4 Å². The van der Waals surface area contributed by atoms with Gasteiger partial charge in [0.1, 0.15) is 0 Å². The van der Waals surface area contributed by atoms with Gasteiger partial charge >= 0.3 is 0 Å². The summed E-state index contributed by atoms with van der Waals surface area (Å²) in [5.74, 6) is 2.08. The van der Waals surface area contributed by atoms with Gasteiger partial charge in [0.25, 0.3) is 5.91 Å². The summed E-state index contributed by atoms with van der Waals surface area (Å²) in [6.45, 7) is 1.86. The van der Waals surface area contributed by atoms with E-state index in [4.69, 9.17) is 5.73 Å². The molecule has 1 aromatic heterocycles. The fourth-order valence-corrected chi connectivity index (χ4v) is 2.96. The minimum atomic E-state index is -0.109. The maximum atomic E-state index is 12.0. The number of nitrogen functional groups attached to an aromatic ring is 1. The Balaban J connectivity index is 2.03. The summed E-state index contributed by atoms with van der Waals surface area (Å²) in [6.07, 6.45) is 3.77. The quantitative estimate of drug-likeness (QED) is 0.837. The van der Waals surface area contributed by atoms with E-state index in [0.717, 1.165) is 24.3 Å². The van der Waals surface area contributed by atoms with Gasteiger partial charge in [-0.3, -0.25) is 9.78 Å². The van der Waals surface area contributed by atoms with Crippen LogP contribution in [0.2, 0.25) is 0 Å². The van der Waals surface area contributed by atoms with Crippen molar-refractivity contribution in [1.82, 2.24) is 10.3 Å². The average Bonchev–Trinajstić information content (AvgIpc) is 2.30. The number of pyridine rings is 1. The zero-order valence-electron chi connectivity index (χ0n) is 9.90. The van der Waals surface area contributed by atoms with Crippen LogP contribution >= 0.6 is 11.8 Å². The summed E-state index contributed by atoms with van der Waals surface area (Å²) >= 11 is 1.89. The van der Waals surface area contributed by atoms with Gasteiger partial charge in [-0.15, -0.1) is 0 Å². The zero-order chi connectivity index (χ0) is 12.3. The number of hydrogen-bond donors (Lipinski definition) is 2. The number of hydrogen-bond acceptors (Lipinski definition) is 4. The van der Waals surface area contributed by atoms with Crippen LogP contribution in [0.4, 0.5) is 5.69 Å². The van der Waals surface area contributed by atoms with Crippen LogP contribution in [0.15, 0.2) is 12.3 Å². The van der Waals surface area contributed by atoms with Crippen molar-refractivity contribution in [3.05, 3.63) is 23.5 Å². The van der Waals surface area contributed by atoms with E-state index < -0.39 is 0 Å². The number of carbonyl (C=O) groups excluding carboxylic acids is 1. The second-order valence-corrected chi connectivity index (χ2v) is 5.45. The third-order valence-corrected chi connectivity index (χ3v) is 4.03. The zero-order valence-corrected chi connectivity index (χ0v) is 10.7. The molecule has 1 aromatic rings. The number of nitrogens with one attached hydrogen (secondary N) is 1. The lowest BCUT2D eigenvalue weighted by molar-refractivity contribution is 0.0939. The number of aromatic nitrogens is 1. The molecule has 0 spiro atoms. The van der Waals surface area contributed by atoms with Crippen LogP contribution in [0.1, 0.15) is 28.9 Å². The van der Waals surface area contributed by atoms with Crippen molar-refractivity contribution in [2.24, 2.45) is 0 Å². The Bertz CT molecular complexity index is 416. The number of anilines is 1. The highest BCUT2D eigenvalue weighted by Crippen LogP contribution is 2.18. The highest BCUT2D eigenvalue weighted by Gasteiger charge is 2.18. The normalized spacial score (nSPS) is 19.9. The maximum Gasteiger partial charge on any atom is 0.255 e. The fourth-order valence-electron chi connectivity index (χ4n) is 1.89. The molecule has 4 nitrogen and oxygen atoms in total. The summed E-state index contributed by atoms with van der Waals surface area (Å²) < 4.78 is 0. The lowest BCUT2D eigenvalue weighted by atomic mass is 10.1. The van der Waals surface area contributed by atoms with E-state index in [1.807, 2.05) is 18.7 Å². The Hall–Kier alpha value is -1.23. The summed E-state index contributed by atoms with van der Waals surface area (Å²) in [5.41, 5.74) is 7.62. The topological polar surface area (TPSA) is 68.0 Å². The molecule has 5 heteroatoms. The molecule has 0 aliphatic carbocycles. The Labute approximate surface area is 105 Å². The van der Waals surface area contributed by atoms with Crippen LogP contribution in [-0.2, 0) is 0 Å². The SMILES string of the molecule is Cc1cc(N)c(C(=O)NC2CCCSC2)cn1. The number of aryl methyl sites for hydroxylation is 1. The molecule has 0 radical (unpaired) electrons. The van der Waals surface area contributed by atoms with Gasteiger partial charge in [0.2, 0.25) is 0 Å². The smallest absolute Gasteiger partial charge is 0.255 e. The lowest BCUT2D eigenvalue weighted by Crippen LogP contribution is -2.38. The van der Waals surface area contributed by atoms with Crippen molar-refractivity contribution in [1.29, 1.82) is 0 Å². The van der Waals surface area contributed by atoms with Crippen LogP contribution in [0.25, 0.3) is 0 Å². The van der Waals surface area contributed by atoms with Gasteiger partial charge in [-0.25, -0.2) is 0 Å². The molecular formula is C12H17N3OS. The summed E-state index contributed by atoms with van der Waals surface area (Å²) in [4.78, 5) is 16.1. The second kappa shape index (κ2) is 5.40. The molecule has 2 rings (SSSR count). The van der Waals surface area contributed by atoms with Crippen molar-refractivity contribution in [2.75, 3.05) is 17.2 Å². The molecule has 3 N–H and O–H groups in total. The Morgan fingerprint density at radius 3 is 3.12 bits per heavy atom. The Morgan fingerprint density at radius 2 is 2.47 bits per heavy atom. The number of amides is 1. The molecule has 17 heavy (non-hydrogen) atoms. The summed E-state index contributed by atoms with van der Waals surface area (Å²) in [6, 6.07) is 1.99. The molecule has 1 saturated heterocycles. The van der Waals surface area contributed by atoms with Crippen molar-refractivity contribution >= 4 is 23.4 Å². The molecule has 1 fully saturated rings. The largest absolute Gasteiger partial charge is 0.398 e. The third kappa shape index (κ3) is 3.12. The molecule has 0 aromatic carbocycles. The van der Waals surface area contributed by atoms with Crippen molar-refractivity contribution in [3.8, 4) is 0 Å². The average molecular weight is 251 g/mol. The predicted molar refractivity (Wildman–Crippen MR) is 71.2 cm³/mol. The van der Waals surface area contributed by atoms with E-state index in [2.05, 4.69) is 10.3 Å². The van der Waals surface area contributed by atoms with Crippen LogP contribution in [-0.4, -0.2) is 28.4 Å². The molecular weight excluding hydrogens is 234 g/mol. The standard InChI is InChI=1S/C12H17N3OS/c1-8-5-11(13)10(6-14-8)12(16)15-9-3-2-4-17-7-9/h5-6,9H,2-4,7H2,1H3,(H2,13,14)(H,15,16). The van der Waals surface area contributed by atoms with E-state index in [0.29, 0.717) is 11.3 Å². The minimum absolute atomic E-state index is 0.109. The van der Waals surface area contributed by atoms with Crippen molar-refractivity contribution in [3.63, 3.8) is 0 Å². The Morgan fingerprint density at radius 1 is 1.65 bits per heavy atom. The first-order valence-corrected chi connectivity index (χ1v) is 6.93. The Kier molecular flexibility index (Phi) is 3.89. The predicted octanol–water partition coefficient (Wildman–Crippen LogP) is 1.60. The first-order valence-electron chi connectivity index (χ1n) is 5.77. The van der Waals surface area contributed by atoms with E-state index in [1.165, 1.54) is 5.75 Å². The molecule has 1 amide bonds. The fraction of sp³-hybridized carbons (Fsp3) is 0.500. The molecule has 0 saturated carbocycles. The lowest BCUT2D eigenvalue weighted by Gasteiger charge is -2.22. The van der Waals surface area contributed by atoms with Gasteiger partial charge in [-0.2, -0.15) is 11.8 Å². The van der Waals surface area contributed by atoms with Gasteiger partial charge in [-0.05, 0) is 31.6 Å². The summed E-state index contributed by atoms with van der Waals surface area (Å²) in [5, 5.41) is 3.02. The number of carbonyl (C=O) groups is 1. The molecule has 1 aliphatic rings. The number of thioether (sulfide) groups is 1. The van der Waals surface area contributed by atoms with E-state index in [9.17, 15) is 4.79 Å². The summed E-state index contributed by atoms with van der Waals surface area (Å²) in [7, 11) is 0. The molecule has 2 heterocycles. The number of rotatable bonds is 2. The molecule has 1 atom stereocenters. The molecule has 1 unspecified atom stereocenters. The number of nitrogens with two attached hydrogens (primary N) is 1. The van der Waals surface area contributed by atoms with Crippen LogP contribution < -0.4 is 11.1 Å². The van der Waals surface area contributed by atoms with Crippen LogP contribution in [0.5, 0.6) is 0 Å². The molecule has 0 bridgehead atoms. The minimum Gasteiger partial charge on any atom is -0.398 e. The molecule has 1 aliphatic heterocycles. The molecule has 92 valence electrons. The van der Waals surface area contributed by atoms with E-state index in [1.54, 1.807) is 12.3 Å². The van der Waals surface area contributed by atoms with Gasteiger partial charge < -0.3 is 11.1 Å². The van der Waals surface area contributed by atoms with Gasteiger partial charge in [-0.1, -0.05) is 0 Å². The van der Waals surface area contributed by atoms with Crippen molar-refractivity contribution in [2.45, 2.75) is 25.8 Å². The van der Waals surface area contributed by atoms with E-state index >= 15 is 0 Å². The van der Waals surface area contributed by atoms with Gasteiger partial charge in [0.05, 0.1) is 5.56 Å². The van der Waals surface area contributed by atoms with Crippen molar-refractivity contribution < 1.29 is 4.79 Å². The highest BCUT2D eigenvalue weighted by molar-refractivity contribution is 7.99. The monoisotopic (exact) mass is 251 g/mol. The van der Waals surface area contributed by atoms with E-state index in [-0.39, 0.29) is 11.9 Å². The van der Waals surface area contributed by atoms with Crippen LogP contribution in [0, 0.1) is 6.92 Å². The highest BCUT2D eigenvalue weighted by atomic mass is 32.2. The number of nitrogens with zero attached hydrogens (tertiary/aromatic N) is 1. The second-order valence-electron chi connectivity index (χ2n) is 4.30. The first kappa shape index (κ1) is 12.2.